The summed E-state index contributed by atoms with van der Waals surface area (Å²) in [6, 6.07) is 3.16. The van der Waals surface area contributed by atoms with Crippen LogP contribution in [0.5, 0.6) is 0 Å². The maximum Gasteiger partial charge on any atom is 0.271 e. The lowest BCUT2D eigenvalue weighted by Gasteiger charge is -2.11. The van der Waals surface area contributed by atoms with E-state index in [0.717, 1.165) is 0 Å². The van der Waals surface area contributed by atoms with Crippen molar-refractivity contribution in [3.05, 3.63) is 29.1 Å². The molecule has 1 rings (SSSR count). The van der Waals surface area contributed by atoms with E-state index in [0.29, 0.717) is 17.0 Å². The number of aryl methyl sites for hydroxylation is 1. The van der Waals surface area contributed by atoms with E-state index in [-0.39, 0.29) is 11.8 Å². The Kier molecular flexibility index (Phi) is 3.60. The van der Waals surface area contributed by atoms with Crippen LogP contribution in [-0.4, -0.2) is 42.8 Å². The molecule has 5 nitrogen and oxygen atoms in total. The summed E-state index contributed by atoms with van der Waals surface area (Å²) >= 11 is 0. The normalized spacial score (nSPS) is 9.75. The Morgan fingerprint density at radius 1 is 1.31 bits per heavy atom. The van der Waals surface area contributed by atoms with Crippen molar-refractivity contribution in [2.75, 3.05) is 21.1 Å². The number of carbonyl (C=O) groups excluding carboxylic acids is 2. The van der Waals surface area contributed by atoms with Crippen LogP contribution in [0.15, 0.2) is 12.1 Å². The second kappa shape index (κ2) is 4.74. The third kappa shape index (κ3) is 2.36. The van der Waals surface area contributed by atoms with E-state index in [2.05, 4.69) is 10.3 Å². The minimum Gasteiger partial charge on any atom is -0.355 e. The summed E-state index contributed by atoms with van der Waals surface area (Å²) in [6.07, 6.45) is 0. The molecule has 2 amide bonds. The highest BCUT2D eigenvalue weighted by atomic mass is 16.2. The van der Waals surface area contributed by atoms with Gasteiger partial charge in [0.05, 0.1) is 11.3 Å². The molecule has 0 aliphatic carbocycles. The molecule has 0 spiro atoms. The van der Waals surface area contributed by atoms with Gasteiger partial charge in [-0.1, -0.05) is 0 Å². The first-order chi connectivity index (χ1) is 7.47. The first-order valence-electron chi connectivity index (χ1n) is 4.88. The van der Waals surface area contributed by atoms with E-state index in [1.54, 1.807) is 40.2 Å². The van der Waals surface area contributed by atoms with Gasteiger partial charge in [-0.25, -0.2) is 4.98 Å². The molecule has 0 fully saturated rings. The Bertz CT molecular complexity index is 427. The molecular formula is C11H15N3O2. The van der Waals surface area contributed by atoms with E-state index in [1.165, 1.54) is 4.90 Å². The lowest BCUT2D eigenvalue weighted by molar-refractivity contribution is 0.0820. The first kappa shape index (κ1) is 12.2. The highest BCUT2D eigenvalue weighted by Crippen LogP contribution is 2.08. The molecule has 1 heterocycles. The molecule has 0 saturated carbocycles. The number of hydrogen-bond acceptors (Lipinski definition) is 3. The van der Waals surface area contributed by atoms with Gasteiger partial charge in [-0.05, 0) is 19.1 Å². The fourth-order valence-corrected chi connectivity index (χ4v) is 1.28. The largest absolute Gasteiger partial charge is 0.355 e. The van der Waals surface area contributed by atoms with Gasteiger partial charge in [0.15, 0.2) is 0 Å². The summed E-state index contributed by atoms with van der Waals surface area (Å²) in [4.78, 5) is 28.6. The SMILES string of the molecule is CNC(=O)c1ccc(C(=O)N(C)C)nc1C. The molecule has 0 unspecified atom stereocenters. The highest BCUT2D eigenvalue weighted by Gasteiger charge is 2.13. The molecule has 1 aromatic heterocycles. The molecule has 1 aromatic rings. The Morgan fingerprint density at radius 3 is 2.38 bits per heavy atom. The molecule has 0 radical (unpaired) electrons. The van der Waals surface area contributed by atoms with Crippen molar-refractivity contribution in [2.24, 2.45) is 0 Å². The summed E-state index contributed by atoms with van der Waals surface area (Å²) in [6.45, 7) is 1.71. The third-order valence-corrected chi connectivity index (χ3v) is 2.18. The maximum absolute atomic E-state index is 11.6. The summed E-state index contributed by atoms with van der Waals surface area (Å²) in [5.41, 5.74) is 1.38. The number of nitrogens with zero attached hydrogens (tertiary/aromatic N) is 2. The lowest BCUT2D eigenvalue weighted by atomic mass is 10.1. The molecule has 0 aliphatic rings. The summed E-state index contributed by atoms with van der Waals surface area (Å²) in [7, 11) is 4.87. The van der Waals surface area contributed by atoms with E-state index in [9.17, 15) is 9.59 Å². The topological polar surface area (TPSA) is 62.3 Å². The minimum atomic E-state index is -0.200. The first-order valence-corrected chi connectivity index (χ1v) is 4.88. The Hall–Kier alpha value is -1.91. The van der Waals surface area contributed by atoms with Crippen LogP contribution in [-0.2, 0) is 0 Å². The van der Waals surface area contributed by atoms with Crippen LogP contribution in [0.4, 0.5) is 0 Å². The molecular weight excluding hydrogens is 206 g/mol. The predicted octanol–water partition coefficient (Wildman–Crippen LogP) is 0.451. The Labute approximate surface area is 94.5 Å². The second-order valence-electron chi connectivity index (χ2n) is 3.61. The summed E-state index contributed by atoms with van der Waals surface area (Å²) < 4.78 is 0. The van der Waals surface area contributed by atoms with Crippen molar-refractivity contribution in [3.63, 3.8) is 0 Å². The zero-order valence-electron chi connectivity index (χ0n) is 9.87. The third-order valence-electron chi connectivity index (χ3n) is 2.18. The van der Waals surface area contributed by atoms with Gasteiger partial charge in [0.25, 0.3) is 11.8 Å². The molecule has 0 aromatic carbocycles. The number of hydrogen-bond donors (Lipinski definition) is 1. The number of amides is 2. The van der Waals surface area contributed by atoms with Gasteiger partial charge in [0.1, 0.15) is 5.69 Å². The molecule has 86 valence electrons. The number of nitrogens with one attached hydrogen (secondary N) is 1. The molecule has 0 saturated heterocycles. The molecule has 0 bridgehead atoms. The van der Waals surface area contributed by atoms with Crippen LogP contribution >= 0.6 is 0 Å². The lowest BCUT2D eigenvalue weighted by Crippen LogP contribution is -2.24. The average Bonchev–Trinajstić information content (AvgIpc) is 2.26. The van der Waals surface area contributed by atoms with Crippen LogP contribution in [0.2, 0.25) is 0 Å². The summed E-state index contributed by atoms with van der Waals surface area (Å²) in [5, 5.41) is 2.52. The number of pyridine rings is 1. The summed E-state index contributed by atoms with van der Waals surface area (Å²) in [5.74, 6) is -0.375. The van der Waals surface area contributed by atoms with Gasteiger partial charge in [-0.15, -0.1) is 0 Å². The fourth-order valence-electron chi connectivity index (χ4n) is 1.28. The van der Waals surface area contributed by atoms with Crippen LogP contribution < -0.4 is 5.32 Å². The zero-order valence-corrected chi connectivity index (χ0v) is 9.87. The van der Waals surface area contributed by atoms with Crippen molar-refractivity contribution in [3.8, 4) is 0 Å². The van der Waals surface area contributed by atoms with Gasteiger partial charge >= 0.3 is 0 Å². The van der Waals surface area contributed by atoms with Crippen LogP contribution in [0.25, 0.3) is 0 Å². The van der Waals surface area contributed by atoms with E-state index >= 15 is 0 Å². The second-order valence-corrected chi connectivity index (χ2v) is 3.61. The smallest absolute Gasteiger partial charge is 0.271 e. The van der Waals surface area contributed by atoms with Crippen LogP contribution in [0.3, 0.4) is 0 Å². The van der Waals surface area contributed by atoms with E-state index in [1.807, 2.05) is 0 Å². The molecule has 1 N–H and O–H groups in total. The maximum atomic E-state index is 11.6. The van der Waals surface area contributed by atoms with E-state index in [4.69, 9.17) is 0 Å². The molecule has 16 heavy (non-hydrogen) atoms. The van der Waals surface area contributed by atoms with Gasteiger partial charge in [0.2, 0.25) is 0 Å². The number of carbonyl (C=O) groups is 2. The van der Waals surface area contributed by atoms with Crippen molar-refractivity contribution >= 4 is 11.8 Å². The molecule has 5 heteroatoms. The average molecular weight is 221 g/mol. The van der Waals surface area contributed by atoms with Crippen molar-refractivity contribution in [1.29, 1.82) is 0 Å². The molecule has 0 aliphatic heterocycles. The quantitative estimate of drug-likeness (QED) is 0.788. The van der Waals surface area contributed by atoms with Crippen molar-refractivity contribution in [2.45, 2.75) is 6.92 Å². The highest BCUT2D eigenvalue weighted by molar-refractivity contribution is 5.97. The standard InChI is InChI=1S/C11H15N3O2/c1-7-8(10(15)12-2)5-6-9(13-7)11(16)14(3)4/h5-6H,1-4H3,(H,12,15). The van der Waals surface area contributed by atoms with Gasteiger partial charge in [-0.3, -0.25) is 9.59 Å². The van der Waals surface area contributed by atoms with Crippen molar-refractivity contribution < 1.29 is 9.59 Å². The molecule has 0 atom stereocenters. The predicted molar refractivity (Wildman–Crippen MR) is 60.4 cm³/mol. The van der Waals surface area contributed by atoms with Gasteiger partial charge in [-0.2, -0.15) is 0 Å². The minimum absolute atomic E-state index is 0.174. The van der Waals surface area contributed by atoms with Crippen LogP contribution in [0, 0.1) is 6.92 Å². The Balaban J connectivity index is 3.09. The fraction of sp³-hybridized carbons (Fsp3) is 0.364. The van der Waals surface area contributed by atoms with Gasteiger partial charge < -0.3 is 10.2 Å². The zero-order chi connectivity index (χ0) is 12.3. The number of aromatic nitrogens is 1. The number of rotatable bonds is 2. The van der Waals surface area contributed by atoms with Gasteiger partial charge in [0, 0.05) is 21.1 Å². The van der Waals surface area contributed by atoms with Crippen LogP contribution in [0.1, 0.15) is 26.5 Å². The Morgan fingerprint density at radius 2 is 1.94 bits per heavy atom. The van der Waals surface area contributed by atoms with E-state index < -0.39 is 0 Å². The monoisotopic (exact) mass is 221 g/mol. The van der Waals surface area contributed by atoms with Crippen molar-refractivity contribution in [1.82, 2.24) is 15.2 Å².